The van der Waals surface area contributed by atoms with Crippen LogP contribution in [0, 0.1) is 0 Å². The highest BCUT2D eigenvalue weighted by Crippen LogP contribution is 2.51. The molecule has 0 unspecified atom stereocenters. The van der Waals surface area contributed by atoms with Crippen LogP contribution in [0.2, 0.25) is 0 Å². The van der Waals surface area contributed by atoms with Gasteiger partial charge in [0.2, 0.25) is 0 Å². The molecular weight excluding hydrogens is 164 g/mol. The van der Waals surface area contributed by atoms with Crippen LogP contribution in [0.1, 0.15) is 31.7 Å². The summed E-state index contributed by atoms with van der Waals surface area (Å²) in [6.07, 6.45) is 4.48. The molecule has 1 aromatic carbocycles. The van der Waals surface area contributed by atoms with E-state index in [1.165, 1.54) is 12.8 Å². The van der Waals surface area contributed by atoms with Crippen LogP contribution in [0.25, 0.3) is 0 Å². The largest absolute Gasteiger partial charge is 0.508 e. The fourth-order valence-corrected chi connectivity index (χ4v) is 1.57. The van der Waals surface area contributed by atoms with Gasteiger partial charge in [-0.1, -0.05) is 19.8 Å². The number of fused-ring (bicyclic) bond motifs is 1. The van der Waals surface area contributed by atoms with Crippen molar-refractivity contribution in [3.05, 3.63) is 17.7 Å². The third kappa shape index (κ3) is 1.62. The summed E-state index contributed by atoms with van der Waals surface area (Å²) in [6, 6.07) is 3.53. The number of phenols is 1. The topological polar surface area (TPSA) is 32.8 Å². The lowest BCUT2D eigenvalue weighted by Crippen LogP contribution is -1.83. The highest BCUT2D eigenvalue weighted by molar-refractivity contribution is 5.63. The van der Waals surface area contributed by atoms with Crippen molar-refractivity contribution >= 4 is 0 Å². The molecule has 0 bridgehead atoms. The second-order valence-electron chi connectivity index (χ2n) is 3.45. The molecule has 1 N–H and O–H groups in total. The molecule has 0 amide bonds. The summed E-state index contributed by atoms with van der Waals surface area (Å²) in [5.41, 5.74) is 0.992. The molecule has 0 aliphatic carbocycles. The van der Waals surface area contributed by atoms with Crippen LogP contribution in [0.3, 0.4) is 0 Å². The van der Waals surface area contributed by atoms with Gasteiger partial charge < -0.3 is 9.84 Å². The molecule has 0 spiro atoms. The van der Waals surface area contributed by atoms with Crippen molar-refractivity contribution in [3.8, 4) is 17.2 Å². The van der Waals surface area contributed by atoms with Gasteiger partial charge in [-0.05, 0) is 25.0 Å². The summed E-state index contributed by atoms with van der Waals surface area (Å²) in [7, 11) is 0. The minimum Gasteiger partial charge on any atom is -0.508 e. The average molecular weight is 178 g/mol. The van der Waals surface area contributed by atoms with Crippen LogP contribution in [0.15, 0.2) is 12.1 Å². The zero-order valence-electron chi connectivity index (χ0n) is 7.84. The van der Waals surface area contributed by atoms with Crippen molar-refractivity contribution < 1.29 is 9.84 Å². The Hall–Kier alpha value is -1.18. The number of rotatable bonds is 4. The molecule has 0 radical (unpaired) electrons. The summed E-state index contributed by atoms with van der Waals surface area (Å²) in [4.78, 5) is 0. The van der Waals surface area contributed by atoms with Gasteiger partial charge in [0.1, 0.15) is 5.75 Å². The van der Waals surface area contributed by atoms with Crippen LogP contribution >= 0.6 is 0 Å². The lowest BCUT2D eigenvalue weighted by Gasteiger charge is -1.99. The number of phenolic OH excluding ortho intramolecular Hbond substituents is 1. The lowest BCUT2D eigenvalue weighted by atomic mass is 10.1. The lowest BCUT2D eigenvalue weighted by molar-refractivity contribution is 0.466. The smallest absolute Gasteiger partial charge is 0.177 e. The van der Waals surface area contributed by atoms with Gasteiger partial charge in [0.15, 0.2) is 11.5 Å². The summed E-state index contributed by atoms with van der Waals surface area (Å²) >= 11 is 0. The van der Waals surface area contributed by atoms with Gasteiger partial charge in [0, 0.05) is 5.56 Å². The molecule has 0 fully saturated rings. The van der Waals surface area contributed by atoms with Crippen molar-refractivity contribution in [2.45, 2.75) is 32.6 Å². The molecule has 0 atom stereocenters. The van der Waals surface area contributed by atoms with Crippen LogP contribution in [-0.2, 0) is 6.42 Å². The Morgan fingerprint density at radius 3 is 2.92 bits per heavy atom. The number of hydrogen-bond donors (Lipinski definition) is 1. The fourth-order valence-electron chi connectivity index (χ4n) is 1.57. The Labute approximate surface area is 78.2 Å². The summed E-state index contributed by atoms with van der Waals surface area (Å²) < 4.78 is 5.22. The summed E-state index contributed by atoms with van der Waals surface area (Å²) in [6.45, 7) is 2.17. The van der Waals surface area contributed by atoms with Crippen LogP contribution in [0.4, 0.5) is 0 Å². The second-order valence-corrected chi connectivity index (χ2v) is 3.45. The van der Waals surface area contributed by atoms with E-state index < -0.39 is 0 Å². The predicted octanol–water partition coefficient (Wildman–Crippen LogP) is 3.23. The molecule has 1 aromatic rings. The third-order valence-electron chi connectivity index (χ3n) is 2.40. The van der Waals surface area contributed by atoms with E-state index in [1.807, 2.05) is 6.07 Å². The minimum atomic E-state index is 0.382. The maximum absolute atomic E-state index is 9.54. The monoisotopic (exact) mass is 178 g/mol. The summed E-state index contributed by atoms with van der Waals surface area (Å²) in [5, 5.41) is 9.54. The SMILES string of the molecule is CCCCCc1c(O)ccc2c1O2. The Kier molecular flexibility index (Phi) is 2.13. The van der Waals surface area contributed by atoms with Gasteiger partial charge in [-0.3, -0.25) is 0 Å². The first-order valence-electron chi connectivity index (χ1n) is 4.85. The fraction of sp³-hybridized carbons (Fsp3) is 0.455. The molecule has 1 heterocycles. The van der Waals surface area contributed by atoms with Gasteiger partial charge >= 0.3 is 0 Å². The van der Waals surface area contributed by atoms with Crippen molar-refractivity contribution in [1.82, 2.24) is 0 Å². The summed E-state index contributed by atoms with van der Waals surface area (Å²) in [5.74, 6) is 2.23. The molecular formula is C11H14O2. The van der Waals surface area contributed by atoms with E-state index in [-0.39, 0.29) is 0 Å². The van der Waals surface area contributed by atoms with Crippen molar-refractivity contribution in [2.24, 2.45) is 0 Å². The predicted molar refractivity (Wildman–Crippen MR) is 51.4 cm³/mol. The van der Waals surface area contributed by atoms with Gasteiger partial charge in [-0.2, -0.15) is 0 Å². The van der Waals surface area contributed by atoms with Crippen molar-refractivity contribution in [2.75, 3.05) is 0 Å². The molecule has 13 heavy (non-hydrogen) atoms. The molecule has 0 saturated heterocycles. The van der Waals surface area contributed by atoms with E-state index in [2.05, 4.69) is 6.92 Å². The van der Waals surface area contributed by atoms with Crippen LogP contribution in [0.5, 0.6) is 17.2 Å². The second kappa shape index (κ2) is 3.29. The zero-order valence-corrected chi connectivity index (χ0v) is 7.84. The Morgan fingerprint density at radius 1 is 1.31 bits per heavy atom. The first-order valence-corrected chi connectivity index (χ1v) is 4.85. The molecule has 2 nitrogen and oxygen atoms in total. The van der Waals surface area contributed by atoms with Crippen LogP contribution < -0.4 is 4.74 Å². The number of ether oxygens (including phenoxy) is 1. The standard InChI is InChI=1S/C11H14O2/c1-2-3-4-5-8-9(12)6-7-10-11(8)13-10/h6-7,12H,2-5H2,1H3. The average Bonchev–Trinajstić information content (AvgIpc) is 2.88. The first kappa shape index (κ1) is 8.42. The molecule has 1 aliphatic rings. The third-order valence-corrected chi connectivity index (χ3v) is 2.40. The van der Waals surface area contributed by atoms with E-state index >= 15 is 0 Å². The number of hydrogen-bond acceptors (Lipinski definition) is 2. The van der Waals surface area contributed by atoms with Crippen molar-refractivity contribution in [1.29, 1.82) is 0 Å². The van der Waals surface area contributed by atoms with Gasteiger partial charge in [-0.15, -0.1) is 0 Å². The Morgan fingerprint density at radius 2 is 2.15 bits per heavy atom. The number of unbranched alkanes of at least 4 members (excludes halogenated alkanes) is 2. The quantitative estimate of drug-likeness (QED) is 0.576. The van der Waals surface area contributed by atoms with E-state index in [0.717, 1.165) is 29.9 Å². The molecule has 1 aliphatic heterocycles. The van der Waals surface area contributed by atoms with Crippen molar-refractivity contribution in [3.63, 3.8) is 0 Å². The van der Waals surface area contributed by atoms with E-state index in [0.29, 0.717) is 5.75 Å². The first-order chi connectivity index (χ1) is 6.33. The molecule has 0 aromatic heterocycles. The van der Waals surface area contributed by atoms with Gasteiger partial charge in [-0.25, -0.2) is 0 Å². The molecule has 0 saturated carbocycles. The molecule has 2 rings (SSSR count). The highest BCUT2D eigenvalue weighted by atomic mass is 16.6. The number of aromatic hydroxyl groups is 1. The normalized spacial score (nSPS) is 12.1. The Balaban J connectivity index is 2.04. The van der Waals surface area contributed by atoms with E-state index in [4.69, 9.17) is 4.74 Å². The van der Waals surface area contributed by atoms with Gasteiger partial charge in [0.05, 0.1) is 0 Å². The molecule has 2 heteroatoms. The number of benzene rings is 1. The van der Waals surface area contributed by atoms with E-state index in [1.54, 1.807) is 6.07 Å². The highest BCUT2D eigenvalue weighted by Gasteiger charge is 2.26. The Bertz CT molecular complexity index is 314. The minimum absolute atomic E-state index is 0.382. The maximum Gasteiger partial charge on any atom is 0.177 e. The van der Waals surface area contributed by atoms with Gasteiger partial charge in [0.25, 0.3) is 0 Å². The molecule has 70 valence electrons. The van der Waals surface area contributed by atoms with Crippen LogP contribution in [-0.4, -0.2) is 5.11 Å². The zero-order chi connectivity index (χ0) is 9.26. The van der Waals surface area contributed by atoms with E-state index in [9.17, 15) is 5.11 Å². The maximum atomic E-state index is 9.54.